The van der Waals surface area contributed by atoms with Gasteiger partial charge in [0.25, 0.3) is 0 Å². The summed E-state index contributed by atoms with van der Waals surface area (Å²) < 4.78 is 68.5. The SMILES string of the molecule is CCCCCCCCCCCCC(=O)O[C@H](COC(=O)CCCCCCCCCC)COP(=O)(O)OC[C@H](O)COP(=O)(O)OC[C@@H](COC(=O)CCCCCCCCCCCCCCCCC(C)C)OC(=O)CCCCCCCCCCCCCCCCCCCCC(C)CC. The lowest BCUT2D eigenvalue weighted by molar-refractivity contribution is -0.161. The van der Waals surface area contributed by atoms with E-state index in [9.17, 15) is 43.2 Å². The van der Waals surface area contributed by atoms with Gasteiger partial charge in [-0.05, 0) is 37.5 Å². The molecule has 97 heavy (non-hydrogen) atoms. The van der Waals surface area contributed by atoms with Gasteiger partial charge in [0, 0.05) is 25.7 Å². The van der Waals surface area contributed by atoms with Crippen molar-refractivity contribution in [1.29, 1.82) is 0 Å². The topological polar surface area (TPSA) is 237 Å². The number of unbranched alkanes of at least 4 members (excludes halogenated alkanes) is 46. The van der Waals surface area contributed by atoms with Crippen LogP contribution in [0.2, 0.25) is 0 Å². The number of carbonyl (C=O) groups excluding carboxylic acids is 4. The normalized spacial score (nSPS) is 14.2. The second kappa shape index (κ2) is 69.8. The predicted molar refractivity (Wildman–Crippen MR) is 395 cm³/mol. The van der Waals surface area contributed by atoms with E-state index in [1.54, 1.807) is 0 Å². The summed E-state index contributed by atoms with van der Waals surface area (Å²) in [6.07, 6.45) is 58.4. The van der Waals surface area contributed by atoms with Crippen molar-refractivity contribution in [2.75, 3.05) is 39.6 Å². The van der Waals surface area contributed by atoms with Crippen molar-refractivity contribution in [2.45, 2.75) is 426 Å². The molecule has 0 aromatic carbocycles. The lowest BCUT2D eigenvalue weighted by Crippen LogP contribution is -2.30. The van der Waals surface area contributed by atoms with E-state index in [1.807, 2.05) is 0 Å². The smallest absolute Gasteiger partial charge is 0.462 e. The Morgan fingerprint density at radius 1 is 0.299 bits per heavy atom. The van der Waals surface area contributed by atoms with Crippen LogP contribution in [0.4, 0.5) is 0 Å². The van der Waals surface area contributed by atoms with Gasteiger partial charge in [0.2, 0.25) is 0 Å². The van der Waals surface area contributed by atoms with E-state index >= 15 is 0 Å². The van der Waals surface area contributed by atoms with Crippen molar-refractivity contribution in [3.8, 4) is 0 Å². The summed E-state index contributed by atoms with van der Waals surface area (Å²) in [6, 6.07) is 0. The molecule has 0 spiro atoms. The molecule has 0 aliphatic carbocycles. The van der Waals surface area contributed by atoms with Gasteiger partial charge in [-0.25, -0.2) is 9.13 Å². The zero-order valence-corrected chi connectivity index (χ0v) is 65.2. The Hall–Kier alpha value is -1.94. The molecule has 0 saturated heterocycles. The minimum Gasteiger partial charge on any atom is -0.462 e. The maximum absolute atomic E-state index is 13.1. The van der Waals surface area contributed by atoms with E-state index in [0.29, 0.717) is 25.7 Å². The minimum atomic E-state index is -4.96. The molecule has 0 radical (unpaired) electrons. The quantitative estimate of drug-likeness (QED) is 0.0222. The second-order valence-electron chi connectivity index (χ2n) is 28.8. The molecule has 0 aliphatic heterocycles. The van der Waals surface area contributed by atoms with E-state index in [1.165, 1.54) is 218 Å². The maximum atomic E-state index is 13.1. The van der Waals surface area contributed by atoms with Crippen molar-refractivity contribution in [2.24, 2.45) is 11.8 Å². The largest absolute Gasteiger partial charge is 0.472 e. The van der Waals surface area contributed by atoms with Gasteiger partial charge < -0.3 is 33.8 Å². The first kappa shape index (κ1) is 95.1. The van der Waals surface area contributed by atoms with E-state index in [0.717, 1.165) is 108 Å². The summed E-state index contributed by atoms with van der Waals surface area (Å²) in [6.45, 7) is 9.66. The molecular formula is C78H152O17P2. The van der Waals surface area contributed by atoms with E-state index in [2.05, 4.69) is 41.5 Å². The van der Waals surface area contributed by atoms with Crippen molar-refractivity contribution >= 4 is 39.5 Å². The molecule has 0 bridgehead atoms. The van der Waals surface area contributed by atoms with Crippen molar-refractivity contribution < 1.29 is 80.2 Å². The highest BCUT2D eigenvalue weighted by molar-refractivity contribution is 7.47. The molecule has 0 fully saturated rings. The second-order valence-corrected chi connectivity index (χ2v) is 31.7. The standard InChI is InChI=1S/C78H152O17P2/c1-7-10-12-14-16-18-37-44-50-56-62-77(82)94-73(66-88-75(80)60-54-48-42-17-15-13-11-8-2)68-92-96(84,85)90-64-72(79)65-91-97(86,87)93-69-74(67-89-76(81)61-55-49-43-38-33-29-26-25-27-31-35-40-46-52-58-70(4)5)95-78(83)63-57-51-45-39-34-30-24-22-20-19-21-23-28-32-36-41-47-53-59-71(6)9-3/h70-74,79H,7-69H2,1-6H3,(H,84,85)(H,86,87)/t71?,72-,73+,74+/m0/s1. The maximum Gasteiger partial charge on any atom is 0.472 e. The zero-order chi connectivity index (χ0) is 71.4. The minimum absolute atomic E-state index is 0.106. The van der Waals surface area contributed by atoms with Gasteiger partial charge in [-0.15, -0.1) is 0 Å². The fourth-order valence-electron chi connectivity index (χ4n) is 12.0. The van der Waals surface area contributed by atoms with Crippen LogP contribution in [0, 0.1) is 11.8 Å². The molecule has 19 heteroatoms. The Balaban J connectivity index is 5.16. The van der Waals surface area contributed by atoms with Gasteiger partial charge in [0.15, 0.2) is 12.2 Å². The molecule has 0 rings (SSSR count). The summed E-state index contributed by atoms with van der Waals surface area (Å²) in [7, 11) is -9.91. The lowest BCUT2D eigenvalue weighted by atomic mass is 9.99. The van der Waals surface area contributed by atoms with Gasteiger partial charge in [-0.2, -0.15) is 0 Å². The van der Waals surface area contributed by atoms with Crippen LogP contribution in [0.5, 0.6) is 0 Å². The summed E-state index contributed by atoms with van der Waals surface area (Å²) in [5.41, 5.74) is 0. The first-order chi connectivity index (χ1) is 46.9. The van der Waals surface area contributed by atoms with Gasteiger partial charge >= 0.3 is 39.5 Å². The molecule has 3 unspecified atom stereocenters. The Morgan fingerprint density at radius 2 is 0.526 bits per heavy atom. The number of hydrogen-bond donors (Lipinski definition) is 3. The average Bonchev–Trinajstić information content (AvgIpc) is 1.17. The Morgan fingerprint density at radius 3 is 0.784 bits per heavy atom. The summed E-state index contributed by atoms with van der Waals surface area (Å²) in [4.78, 5) is 72.7. The third-order valence-corrected chi connectivity index (χ3v) is 20.5. The molecular weight excluding hydrogens is 1270 g/mol. The fraction of sp³-hybridized carbons (Fsp3) is 0.949. The summed E-state index contributed by atoms with van der Waals surface area (Å²) >= 11 is 0. The van der Waals surface area contributed by atoms with Gasteiger partial charge in [-0.3, -0.25) is 37.3 Å². The Bertz CT molecular complexity index is 1870. The van der Waals surface area contributed by atoms with Gasteiger partial charge in [0.1, 0.15) is 19.3 Å². The first-order valence-corrected chi connectivity index (χ1v) is 43.5. The highest BCUT2D eigenvalue weighted by Gasteiger charge is 2.30. The molecule has 0 heterocycles. The number of phosphoric acid groups is 2. The molecule has 17 nitrogen and oxygen atoms in total. The fourth-order valence-corrected chi connectivity index (χ4v) is 13.6. The highest BCUT2D eigenvalue weighted by atomic mass is 31.2. The molecule has 0 saturated carbocycles. The van der Waals surface area contributed by atoms with Crippen LogP contribution in [0.15, 0.2) is 0 Å². The predicted octanol–water partition coefficient (Wildman–Crippen LogP) is 23.1. The third kappa shape index (κ3) is 70.9. The van der Waals surface area contributed by atoms with Crippen LogP contribution in [0.1, 0.15) is 408 Å². The molecule has 3 N–H and O–H groups in total. The molecule has 576 valence electrons. The number of rotatable bonds is 77. The lowest BCUT2D eigenvalue weighted by Gasteiger charge is -2.21. The number of ether oxygens (including phenoxy) is 4. The van der Waals surface area contributed by atoms with E-state index in [4.69, 9.17) is 37.0 Å². The number of esters is 4. The van der Waals surface area contributed by atoms with Crippen molar-refractivity contribution in [3.05, 3.63) is 0 Å². The monoisotopic (exact) mass is 1420 g/mol. The Kier molecular flexibility index (Phi) is 68.4. The number of aliphatic hydroxyl groups excluding tert-OH is 1. The van der Waals surface area contributed by atoms with E-state index < -0.39 is 97.5 Å². The first-order valence-electron chi connectivity index (χ1n) is 40.5. The number of phosphoric ester groups is 2. The molecule has 0 aromatic heterocycles. The van der Waals surface area contributed by atoms with E-state index in [-0.39, 0.29) is 25.7 Å². The van der Waals surface area contributed by atoms with Crippen LogP contribution < -0.4 is 0 Å². The average molecular weight is 1420 g/mol. The molecule has 0 amide bonds. The molecule has 6 atom stereocenters. The van der Waals surface area contributed by atoms with Crippen molar-refractivity contribution in [3.63, 3.8) is 0 Å². The van der Waals surface area contributed by atoms with Gasteiger partial charge in [0.05, 0.1) is 26.4 Å². The zero-order valence-electron chi connectivity index (χ0n) is 63.4. The Labute approximate surface area is 594 Å². The summed E-state index contributed by atoms with van der Waals surface area (Å²) in [5, 5.41) is 10.6. The van der Waals surface area contributed by atoms with Crippen LogP contribution >= 0.6 is 15.6 Å². The number of carbonyl (C=O) groups is 4. The summed E-state index contributed by atoms with van der Waals surface area (Å²) in [5.74, 6) is -0.446. The molecule has 0 aromatic rings. The van der Waals surface area contributed by atoms with Crippen LogP contribution in [0.3, 0.4) is 0 Å². The highest BCUT2D eigenvalue weighted by Crippen LogP contribution is 2.45. The number of hydrogen-bond acceptors (Lipinski definition) is 15. The number of aliphatic hydroxyl groups is 1. The molecule has 0 aliphatic rings. The van der Waals surface area contributed by atoms with Crippen molar-refractivity contribution in [1.82, 2.24) is 0 Å². The van der Waals surface area contributed by atoms with Crippen LogP contribution in [-0.4, -0.2) is 96.7 Å². The van der Waals surface area contributed by atoms with Crippen LogP contribution in [-0.2, 0) is 65.4 Å². The van der Waals surface area contributed by atoms with Crippen LogP contribution in [0.25, 0.3) is 0 Å². The third-order valence-electron chi connectivity index (χ3n) is 18.6. The van der Waals surface area contributed by atoms with Gasteiger partial charge in [-0.1, -0.05) is 356 Å².